The van der Waals surface area contributed by atoms with E-state index in [4.69, 9.17) is 4.42 Å². The minimum Gasteiger partial charge on any atom is -0.452 e. The Balaban J connectivity index is 2.24. The molecule has 0 aromatic carbocycles. The molecule has 0 aliphatic carbocycles. The summed E-state index contributed by atoms with van der Waals surface area (Å²) in [4.78, 5) is 1.11. The molecule has 0 atom stereocenters. The lowest BCUT2D eigenvalue weighted by Crippen LogP contribution is -2.26. The fourth-order valence-corrected chi connectivity index (χ4v) is 5.43. The Bertz CT molecular complexity index is 725. The van der Waals surface area contributed by atoms with Crippen LogP contribution in [0.15, 0.2) is 36.0 Å². The van der Waals surface area contributed by atoms with Crippen LogP contribution in [-0.4, -0.2) is 26.8 Å². The summed E-state index contributed by atoms with van der Waals surface area (Å²) in [5.41, 5.74) is 0. The second-order valence-electron chi connectivity index (χ2n) is 4.37. The molecule has 9 heteroatoms. The Morgan fingerprint density at radius 1 is 1.38 bits per heavy atom. The highest BCUT2D eigenvalue weighted by molar-refractivity contribution is 9.10. The van der Waals surface area contributed by atoms with E-state index in [1.165, 1.54) is 21.7 Å². The van der Waals surface area contributed by atoms with E-state index in [1.54, 1.807) is 14.1 Å². The Morgan fingerprint density at radius 2 is 2.10 bits per heavy atom. The highest BCUT2D eigenvalue weighted by atomic mass is 79.9. The summed E-state index contributed by atoms with van der Waals surface area (Å²) in [6.45, 7) is 0.785. The van der Waals surface area contributed by atoms with Gasteiger partial charge in [0.1, 0.15) is 10.7 Å². The summed E-state index contributed by atoms with van der Waals surface area (Å²) < 4.78 is 33.1. The zero-order chi connectivity index (χ0) is 15.6. The van der Waals surface area contributed by atoms with E-state index in [-0.39, 0.29) is 9.56 Å². The fraction of sp³-hybridized carbons (Fsp3) is 0.333. The van der Waals surface area contributed by atoms with E-state index in [0.717, 1.165) is 9.35 Å². The van der Waals surface area contributed by atoms with E-state index in [0.29, 0.717) is 18.8 Å². The van der Waals surface area contributed by atoms with Crippen molar-refractivity contribution in [1.82, 2.24) is 9.62 Å². The number of nitrogens with one attached hydrogen (secondary N) is 1. The van der Waals surface area contributed by atoms with Gasteiger partial charge in [0, 0.05) is 34.4 Å². The summed E-state index contributed by atoms with van der Waals surface area (Å²) in [7, 11) is -0.275. The summed E-state index contributed by atoms with van der Waals surface area (Å²) in [6.07, 6.45) is 0. The van der Waals surface area contributed by atoms with Crippen molar-refractivity contribution in [3.63, 3.8) is 0 Å². The fourth-order valence-electron chi connectivity index (χ4n) is 1.74. The summed E-state index contributed by atoms with van der Waals surface area (Å²) >= 11 is 8.05. The number of thiophene rings is 1. The average molecular weight is 458 g/mol. The lowest BCUT2D eigenvalue weighted by molar-refractivity contribution is 0.456. The molecule has 2 heterocycles. The van der Waals surface area contributed by atoms with Crippen LogP contribution in [0.2, 0.25) is 0 Å². The average Bonchev–Trinajstić information content (AvgIpc) is 2.96. The van der Waals surface area contributed by atoms with Crippen molar-refractivity contribution in [1.29, 1.82) is 0 Å². The van der Waals surface area contributed by atoms with Crippen molar-refractivity contribution >= 4 is 53.2 Å². The van der Waals surface area contributed by atoms with Crippen molar-refractivity contribution in [2.75, 3.05) is 14.1 Å². The third-order valence-electron chi connectivity index (χ3n) is 2.75. The zero-order valence-electron chi connectivity index (χ0n) is 11.4. The predicted molar refractivity (Wildman–Crippen MR) is 89.8 cm³/mol. The number of sulfonamides is 1. The first kappa shape index (κ1) is 17.2. The van der Waals surface area contributed by atoms with Crippen molar-refractivity contribution in [2.45, 2.75) is 18.0 Å². The van der Waals surface area contributed by atoms with Gasteiger partial charge in [0.15, 0.2) is 4.67 Å². The zero-order valence-corrected chi connectivity index (χ0v) is 16.2. The van der Waals surface area contributed by atoms with Crippen LogP contribution in [0, 0.1) is 0 Å². The van der Waals surface area contributed by atoms with E-state index in [1.807, 2.05) is 11.4 Å². The Morgan fingerprint density at radius 3 is 2.67 bits per heavy atom. The normalized spacial score (nSPS) is 12.2. The monoisotopic (exact) mass is 456 g/mol. The number of rotatable bonds is 6. The number of nitrogens with zero attached hydrogens (tertiary/aromatic N) is 1. The molecular formula is C12H14Br2N2O3S2. The quantitative estimate of drug-likeness (QED) is 0.721. The Kier molecular flexibility index (Phi) is 5.66. The summed E-state index contributed by atoms with van der Waals surface area (Å²) in [6, 6.07) is 3.45. The van der Waals surface area contributed by atoms with Crippen molar-refractivity contribution in [3.05, 3.63) is 37.3 Å². The highest BCUT2D eigenvalue weighted by Gasteiger charge is 2.27. The molecule has 21 heavy (non-hydrogen) atoms. The molecule has 0 amide bonds. The third kappa shape index (κ3) is 3.96. The molecule has 2 aromatic heterocycles. The second kappa shape index (κ2) is 6.93. The first-order chi connectivity index (χ1) is 9.84. The van der Waals surface area contributed by atoms with Gasteiger partial charge < -0.3 is 9.73 Å². The molecule has 0 aliphatic rings. The molecule has 0 aliphatic heterocycles. The van der Waals surface area contributed by atoms with Crippen LogP contribution >= 0.6 is 43.2 Å². The first-order valence-corrected chi connectivity index (χ1v) is 9.87. The maximum Gasteiger partial charge on any atom is 0.247 e. The molecule has 0 spiro atoms. The third-order valence-corrected chi connectivity index (χ3v) is 7.09. The largest absolute Gasteiger partial charge is 0.452 e. The maximum atomic E-state index is 12.6. The van der Waals surface area contributed by atoms with Crippen LogP contribution in [0.5, 0.6) is 0 Å². The van der Waals surface area contributed by atoms with E-state index < -0.39 is 10.0 Å². The smallest absolute Gasteiger partial charge is 0.247 e. The van der Waals surface area contributed by atoms with Gasteiger partial charge in [-0.1, -0.05) is 0 Å². The van der Waals surface area contributed by atoms with Crippen LogP contribution in [0.1, 0.15) is 10.6 Å². The molecule has 5 nitrogen and oxygen atoms in total. The molecule has 116 valence electrons. The Labute approximate surface area is 144 Å². The lowest BCUT2D eigenvalue weighted by atomic mass is 10.4. The minimum absolute atomic E-state index is 0.144. The summed E-state index contributed by atoms with van der Waals surface area (Å²) in [5.74, 6) is 0.565. The molecule has 0 saturated carbocycles. The number of furan rings is 1. The van der Waals surface area contributed by atoms with Gasteiger partial charge in [-0.2, -0.15) is 4.31 Å². The molecule has 0 radical (unpaired) electrons. The molecule has 2 aromatic rings. The predicted octanol–water partition coefficient (Wildman–Crippen LogP) is 3.41. The molecule has 2 rings (SSSR count). The minimum atomic E-state index is -3.60. The Hall–Kier alpha value is -0.190. The van der Waals surface area contributed by atoms with Gasteiger partial charge in [-0.05, 0) is 45.0 Å². The second-order valence-corrected chi connectivity index (χ2v) is 9.02. The SMILES string of the molecule is CNCc1cc(S(=O)(=O)N(C)Cc2cc(Br)cs2)c(Br)o1. The lowest BCUT2D eigenvalue weighted by Gasteiger charge is -2.15. The van der Waals surface area contributed by atoms with E-state index >= 15 is 0 Å². The van der Waals surface area contributed by atoms with Crippen molar-refractivity contribution in [3.8, 4) is 0 Å². The number of halogens is 2. The molecule has 0 bridgehead atoms. The molecule has 1 N–H and O–H groups in total. The van der Waals surface area contributed by atoms with Gasteiger partial charge in [-0.3, -0.25) is 0 Å². The van der Waals surface area contributed by atoms with Crippen LogP contribution in [0.25, 0.3) is 0 Å². The van der Waals surface area contributed by atoms with Crippen molar-refractivity contribution in [2.24, 2.45) is 0 Å². The highest BCUT2D eigenvalue weighted by Crippen LogP contribution is 2.30. The molecule has 0 saturated heterocycles. The van der Waals surface area contributed by atoms with Crippen molar-refractivity contribution < 1.29 is 12.8 Å². The standard InChI is InChI=1S/C12H14Br2N2O3S2/c1-15-5-9-4-11(12(14)19-9)21(17,18)16(2)6-10-3-8(13)7-20-10/h3-4,7,15H,5-6H2,1-2H3. The number of hydrogen-bond acceptors (Lipinski definition) is 5. The maximum absolute atomic E-state index is 12.6. The molecule has 0 unspecified atom stereocenters. The van der Waals surface area contributed by atoms with Gasteiger partial charge in [-0.15, -0.1) is 11.3 Å². The molecular weight excluding hydrogens is 444 g/mol. The van der Waals surface area contributed by atoms with E-state index in [2.05, 4.69) is 37.2 Å². The van der Waals surface area contributed by atoms with Gasteiger partial charge in [0.05, 0.1) is 6.54 Å². The van der Waals surface area contributed by atoms with Crippen LogP contribution in [0.3, 0.4) is 0 Å². The first-order valence-electron chi connectivity index (χ1n) is 5.96. The van der Waals surface area contributed by atoms with Gasteiger partial charge >= 0.3 is 0 Å². The van der Waals surface area contributed by atoms with Gasteiger partial charge in [0.25, 0.3) is 0 Å². The van der Waals surface area contributed by atoms with Crippen LogP contribution in [0.4, 0.5) is 0 Å². The number of hydrogen-bond donors (Lipinski definition) is 1. The van der Waals surface area contributed by atoms with E-state index in [9.17, 15) is 8.42 Å². The van der Waals surface area contributed by atoms with Crippen LogP contribution in [-0.2, 0) is 23.1 Å². The topological polar surface area (TPSA) is 62.6 Å². The van der Waals surface area contributed by atoms with Gasteiger partial charge in [-0.25, -0.2) is 8.42 Å². The molecule has 0 fully saturated rings. The van der Waals surface area contributed by atoms with Crippen LogP contribution < -0.4 is 5.32 Å². The summed E-state index contributed by atoms with van der Waals surface area (Å²) in [5, 5.41) is 4.85. The van der Waals surface area contributed by atoms with Gasteiger partial charge in [0.2, 0.25) is 10.0 Å².